The Balaban J connectivity index is 2.67. The second-order valence-corrected chi connectivity index (χ2v) is 3.77. The highest BCUT2D eigenvalue weighted by molar-refractivity contribution is 7.80. The van der Waals surface area contributed by atoms with E-state index in [2.05, 4.69) is 31.7 Å². The minimum atomic E-state index is -0.00911. The lowest BCUT2D eigenvalue weighted by Crippen LogP contribution is -2.07. The van der Waals surface area contributed by atoms with Crippen molar-refractivity contribution in [2.45, 2.75) is 31.8 Å². The smallest absolute Gasteiger partial charge is 0.0979 e. The summed E-state index contributed by atoms with van der Waals surface area (Å²) in [6.45, 7) is 4.06. The van der Waals surface area contributed by atoms with E-state index in [1.165, 1.54) is 5.56 Å². The summed E-state index contributed by atoms with van der Waals surface area (Å²) in [5.41, 5.74) is 1.22. The first-order valence-electron chi connectivity index (χ1n) is 4.62. The SMILES string of the molecule is CCC(OC(C)S)c1ccccc1. The Morgan fingerprint density at radius 1 is 1.31 bits per heavy atom. The maximum atomic E-state index is 5.65. The zero-order valence-corrected chi connectivity index (χ0v) is 9.00. The molecular weight excluding hydrogens is 180 g/mol. The van der Waals surface area contributed by atoms with E-state index < -0.39 is 0 Å². The first kappa shape index (κ1) is 10.6. The zero-order valence-electron chi connectivity index (χ0n) is 8.10. The highest BCUT2D eigenvalue weighted by Crippen LogP contribution is 2.22. The minimum Gasteiger partial charge on any atom is -0.360 e. The van der Waals surface area contributed by atoms with Crippen molar-refractivity contribution in [2.24, 2.45) is 0 Å². The lowest BCUT2D eigenvalue weighted by atomic mass is 10.1. The van der Waals surface area contributed by atoms with Crippen LogP contribution in [-0.4, -0.2) is 5.44 Å². The van der Waals surface area contributed by atoms with Gasteiger partial charge in [-0.25, -0.2) is 0 Å². The maximum absolute atomic E-state index is 5.65. The van der Waals surface area contributed by atoms with E-state index in [9.17, 15) is 0 Å². The van der Waals surface area contributed by atoms with Gasteiger partial charge in [0.25, 0.3) is 0 Å². The summed E-state index contributed by atoms with van der Waals surface area (Å²) in [6.07, 6.45) is 1.16. The highest BCUT2D eigenvalue weighted by Gasteiger charge is 2.10. The second kappa shape index (κ2) is 5.30. The van der Waals surface area contributed by atoms with Crippen molar-refractivity contribution in [1.29, 1.82) is 0 Å². The van der Waals surface area contributed by atoms with E-state index in [-0.39, 0.29) is 11.5 Å². The predicted molar refractivity (Wildman–Crippen MR) is 59.0 cm³/mol. The summed E-state index contributed by atoms with van der Waals surface area (Å²) in [6, 6.07) is 10.3. The molecule has 0 aliphatic heterocycles. The van der Waals surface area contributed by atoms with Crippen LogP contribution in [0, 0.1) is 0 Å². The van der Waals surface area contributed by atoms with Crippen LogP contribution in [0.2, 0.25) is 0 Å². The Morgan fingerprint density at radius 2 is 1.92 bits per heavy atom. The van der Waals surface area contributed by atoms with Crippen LogP contribution in [0.1, 0.15) is 31.9 Å². The molecule has 2 atom stereocenters. The van der Waals surface area contributed by atoms with Gasteiger partial charge in [-0.3, -0.25) is 0 Å². The van der Waals surface area contributed by atoms with Gasteiger partial charge in [0.05, 0.1) is 11.5 Å². The van der Waals surface area contributed by atoms with Gasteiger partial charge in [0.1, 0.15) is 0 Å². The van der Waals surface area contributed by atoms with E-state index in [0.717, 1.165) is 6.42 Å². The van der Waals surface area contributed by atoms with Crippen LogP contribution in [0.5, 0.6) is 0 Å². The molecule has 0 saturated carbocycles. The summed E-state index contributed by atoms with van der Waals surface area (Å²) in [4.78, 5) is 0. The van der Waals surface area contributed by atoms with Crippen LogP contribution >= 0.6 is 12.6 Å². The van der Waals surface area contributed by atoms with E-state index in [1.54, 1.807) is 0 Å². The molecule has 0 heterocycles. The second-order valence-electron chi connectivity index (χ2n) is 3.04. The number of thiol groups is 1. The van der Waals surface area contributed by atoms with Crippen molar-refractivity contribution in [3.8, 4) is 0 Å². The normalized spacial score (nSPS) is 15.3. The molecule has 1 rings (SSSR count). The van der Waals surface area contributed by atoms with E-state index in [0.29, 0.717) is 0 Å². The Bertz CT molecular complexity index is 233. The quantitative estimate of drug-likeness (QED) is 0.573. The first-order chi connectivity index (χ1) is 6.24. The molecule has 0 amide bonds. The van der Waals surface area contributed by atoms with Crippen molar-refractivity contribution in [3.63, 3.8) is 0 Å². The van der Waals surface area contributed by atoms with Crippen LogP contribution in [0.15, 0.2) is 30.3 Å². The third kappa shape index (κ3) is 3.41. The Kier molecular flexibility index (Phi) is 4.33. The van der Waals surface area contributed by atoms with Gasteiger partial charge < -0.3 is 4.74 Å². The first-order valence-corrected chi connectivity index (χ1v) is 5.14. The lowest BCUT2D eigenvalue weighted by Gasteiger charge is -2.18. The van der Waals surface area contributed by atoms with Crippen LogP contribution in [0.3, 0.4) is 0 Å². The molecule has 0 aliphatic carbocycles. The van der Waals surface area contributed by atoms with Gasteiger partial charge in [-0.1, -0.05) is 37.3 Å². The van der Waals surface area contributed by atoms with Crippen LogP contribution < -0.4 is 0 Å². The number of benzene rings is 1. The van der Waals surface area contributed by atoms with Gasteiger partial charge in [-0.2, -0.15) is 0 Å². The van der Waals surface area contributed by atoms with E-state index >= 15 is 0 Å². The molecule has 1 aromatic rings. The average molecular weight is 196 g/mol. The number of ether oxygens (including phenoxy) is 1. The number of hydrogen-bond acceptors (Lipinski definition) is 2. The van der Waals surface area contributed by atoms with Gasteiger partial charge >= 0.3 is 0 Å². The molecule has 1 nitrogen and oxygen atoms in total. The zero-order chi connectivity index (χ0) is 9.68. The Labute approximate surface area is 85.5 Å². The molecule has 0 N–H and O–H groups in total. The predicted octanol–water partition coefficient (Wildman–Crippen LogP) is 3.43. The highest BCUT2D eigenvalue weighted by atomic mass is 32.1. The fourth-order valence-corrected chi connectivity index (χ4v) is 1.46. The fourth-order valence-electron chi connectivity index (χ4n) is 1.32. The topological polar surface area (TPSA) is 9.23 Å². The molecule has 1 aromatic carbocycles. The van der Waals surface area contributed by atoms with Gasteiger partial charge in [0, 0.05) is 0 Å². The van der Waals surface area contributed by atoms with Crippen LogP contribution in [-0.2, 0) is 4.74 Å². The van der Waals surface area contributed by atoms with Gasteiger partial charge in [0.15, 0.2) is 0 Å². The summed E-state index contributed by atoms with van der Waals surface area (Å²) in [5.74, 6) is 0. The van der Waals surface area contributed by atoms with Gasteiger partial charge in [0.2, 0.25) is 0 Å². The van der Waals surface area contributed by atoms with Gasteiger partial charge in [-0.05, 0) is 18.9 Å². The van der Waals surface area contributed by atoms with Crippen molar-refractivity contribution >= 4 is 12.6 Å². The molecule has 2 unspecified atom stereocenters. The summed E-state index contributed by atoms with van der Waals surface area (Å²) >= 11 is 4.22. The fraction of sp³-hybridized carbons (Fsp3) is 0.455. The Morgan fingerprint density at radius 3 is 2.38 bits per heavy atom. The molecule has 0 fully saturated rings. The third-order valence-electron chi connectivity index (χ3n) is 1.90. The summed E-state index contributed by atoms with van der Waals surface area (Å²) in [5, 5.41) is 0. The standard InChI is InChI=1S/C11H16OS/c1-3-11(12-9(2)13)10-7-5-4-6-8-10/h4-9,11,13H,3H2,1-2H3. The molecule has 0 radical (unpaired) electrons. The Hall–Kier alpha value is -0.470. The molecule has 72 valence electrons. The van der Waals surface area contributed by atoms with Crippen LogP contribution in [0.4, 0.5) is 0 Å². The van der Waals surface area contributed by atoms with E-state index in [4.69, 9.17) is 4.74 Å². The molecule has 13 heavy (non-hydrogen) atoms. The number of rotatable bonds is 4. The summed E-state index contributed by atoms with van der Waals surface area (Å²) < 4.78 is 5.65. The van der Waals surface area contributed by atoms with Crippen molar-refractivity contribution in [2.75, 3.05) is 0 Å². The largest absolute Gasteiger partial charge is 0.360 e. The molecular formula is C11H16OS. The molecule has 0 aromatic heterocycles. The minimum absolute atomic E-state index is 0.00911. The lowest BCUT2D eigenvalue weighted by molar-refractivity contribution is 0.0416. The monoisotopic (exact) mass is 196 g/mol. The van der Waals surface area contributed by atoms with Crippen LogP contribution in [0.25, 0.3) is 0 Å². The van der Waals surface area contributed by atoms with E-state index in [1.807, 2.05) is 25.1 Å². The maximum Gasteiger partial charge on any atom is 0.0979 e. The number of hydrogen-bond donors (Lipinski definition) is 1. The van der Waals surface area contributed by atoms with Crippen molar-refractivity contribution in [1.82, 2.24) is 0 Å². The van der Waals surface area contributed by atoms with Crippen molar-refractivity contribution < 1.29 is 4.74 Å². The summed E-state index contributed by atoms with van der Waals surface area (Å²) in [7, 11) is 0. The molecule has 0 aliphatic rings. The third-order valence-corrected chi connectivity index (χ3v) is 2.03. The molecule has 0 saturated heterocycles. The molecule has 0 bridgehead atoms. The molecule has 0 spiro atoms. The van der Waals surface area contributed by atoms with Crippen molar-refractivity contribution in [3.05, 3.63) is 35.9 Å². The average Bonchev–Trinajstić information content (AvgIpc) is 2.15. The molecule has 2 heteroatoms. The van der Waals surface area contributed by atoms with Gasteiger partial charge in [-0.15, -0.1) is 12.6 Å².